The van der Waals surface area contributed by atoms with Crippen LogP contribution in [0.1, 0.15) is 26.2 Å². The molecule has 1 unspecified atom stereocenters. The van der Waals surface area contributed by atoms with Crippen molar-refractivity contribution in [3.05, 3.63) is 16.7 Å². The van der Waals surface area contributed by atoms with Gasteiger partial charge in [-0.05, 0) is 18.8 Å². The molecule has 1 heterocycles. The maximum Gasteiger partial charge on any atom is 0.276 e. The molecule has 1 aromatic heterocycles. The lowest BCUT2D eigenvalue weighted by molar-refractivity contribution is 0.255. The molecule has 6 nitrogen and oxygen atoms in total. The van der Waals surface area contributed by atoms with Crippen LogP contribution in [0.5, 0.6) is 0 Å². The Morgan fingerprint density at radius 1 is 1.59 bits per heavy atom. The summed E-state index contributed by atoms with van der Waals surface area (Å²) < 4.78 is 0. The van der Waals surface area contributed by atoms with Crippen LogP contribution in [0.25, 0.3) is 0 Å². The Bertz CT molecular complexity index is 385. The predicted molar refractivity (Wildman–Crippen MR) is 67.9 cm³/mol. The average Bonchev–Trinajstić information content (AvgIpc) is 2.31. The van der Waals surface area contributed by atoms with E-state index in [0.717, 1.165) is 19.3 Å². The number of aliphatic hydroxyl groups is 1. The fraction of sp³-hybridized carbons (Fsp3) is 0.636. The zero-order chi connectivity index (χ0) is 12.7. The van der Waals surface area contributed by atoms with Crippen LogP contribution in [0.2, 0.25) is 0 Å². The highest BCUT2D eigenvalue weighted by Gasteiger charge is 2.09. The number of nitrogens with one attached hydrogen (secondary N) is 2. The number of aliphatic hydroxyl groups excluding tert-OH is 1. The summed E-state index contributed by atoms with van der Waals surface area (Å²) in [5.74, 6) is 0.776. The minimum absolute atomic E-state index is 0.103. The molecule has 6 heteroatoms. The molecule has 1 aromatic rings. The van der Waals surface area contributed by atoms with E-state index in [1.54, 1.807) is 0 Å². The lowest BCUT2D eigenvalue weighted by atomic mass is 10.0. The summed E-state index contributed by atoms with van der Waals surface area (Å²) in [5.41, 5.74) is 5.37. The summed E-state index contributed by atoms with van der Waals surface area (Å²) in [6, 6.07) is 0. The molecular weight excluding hydrogens is 220 g/mol. The Balaban J connectivity index is 2.58. The maximum atomic E-state index is 11.2. The molecule has 0 aliphatic heterocycles. The van der Waals surface area contributed by atoms with Gasteiger partial charge in [-0.15, -0.1) is 0 Å². The van der Waals surface area contributed by atoms with Crippen LogP contribution in [0.3, 0.4) is 0 Å². The predicted octanol–water partition coefficient (Wildman–Crippen LogP) is 0.563. The van der Waals surface area contributed by atoms with Crippen molar-refractivity contribution >= 4 is 11.5 Å². The normalized spacial score (nSPS) is 12.4. The highest BCUT2D eigenvalue weighted by molar-refractivity contribution is 5.58. The van der Waals surface area contributed by atoms with E-state index >= 15 is 0 Å². The van der Waals surface area contributed by atoms with Crippen molar-refractivity contribution in [1.29, 1.82) is 0 Å². The second kappa shape index (κ2) is 6.90. The van der Waals surface area contributed by atoms with Gasteiger partial charge >= 0.3 is 0 Å². The first kappa shape index (κ1) is 13.5. The summed E-state index contributed by atoms with van der Waals surface area (Å²) in [6.45, 7) is 2.93. The molecule has 0 aromatic carbocycles. The fourth-order valence-electron chi connectivity index (χ4n) is 1.73. The topological polar surface area (TPSA) is 104 Å². The second-order valence-corrected chi connectivity index (χ2v) is 4.04. The molecule has 17 heavy (non-hydrogen) atoms. The van der Waals surface area contributed by atoms with Gasteiger partial charge in [0, 0.05) is 13.2 Å². The number of aromatic amines is 1. The summed E-state index contributed by atoms with van der Waals surface area (Å²) in [6.07, 6.45) is 4.15. The van der Waals surface area contributed by atoms with Gasteiger partial charge < -0.3 is 21.1 Å². The van der Waals surface area contributed by atoms with Crippen molar-refractivity contribution in [3.63, 3.8) is 0 Å². The monoisotopic (exact) mass is 240 g/mol. The lowest BCUT2D eigenvalue weighted by Crippen LogP contribution is -2.20. The maximum absolute atomic E-state index is 11.2. The van der Waals surface area contributed by atoms with E-state index in [0.29, 0.717) is 18.3 Å². The smallest absolute Gasteiger partial charge is 0.276 e. The van der Waals surface area contributed by atoms with E-state index in [-0.39, 0.29) is 17.9 Å². The van der Waals surface area contributed by atoms with Gasteiger partial charge in [0.2, 0.25) is 0 Å². The number of hydrogen-bond donors (Lipinski definition) is 4. The van der Waals surface area contributed by atoms with E-state index < -0.39 is 0 Å². The van der Waals surface area contributed by atoms with Crippen LogP contribution in [0.4, 0.5) is 11.5 Å². The van der Waals surface area contributed by atoms with Gasteiger partial charge in [0.25, 0.3) is 5.56 Å². The van der Waals surface area contributed by atoms with Crippen LogP contribution in [0.15, 0.2) is 11.1 Å². The SMILES string of the molecule is CCCC(CCO)CNc1nc[nH]c(=O)c1N. The van der Waals surface area contributed by atoms with Crippen LogP contribution < -0.4 is 16.6 Å². The summed E-state index contributed by atoms with van der Waals surface area (Å²) in [5, 5.41) is 12.0. The molecule has 1 atom stereocenters. The molecule has 0 bridgehead atoms. The quantitative estimate of drug-likeness (QED) is 0.557. The van der Waals surface area contributed by atoms with Gasteiger partial charge in [-0.3, -0.25) is 4.79 Å². The highest BCUT2D eigenvalue weighted by Crippen LogP contribution is 2.14. The lowest BCUT2D eigenvalue weighted by Gasteiger charge is -2.16. The van der Waals surface area contributed by atoms with E-state index in [1.807, 2.05) is 0 Å². The second-order valence-electron chi connectivity index (χ2n) is 4.04. The standard InChI is InChI=1S/C11H20N4O2/c1-2-3-8(4-5-16)6-13-10-9(12)11(17)15-7-14-10/h7-8,16H,2-6,12H2,1H3,(H2,13,14,15,17). The van der Waals surface area contributed by atoms with Gasteiger partial charge in [0.1, 0.15) is 5.69 Å². The van der Waals surface area contributed by atoms with Gasteiger partial charge in [-0.25, -0.2) is 4.98 Å². The number of anilines is 2. The van der Waals surface area contributed by atoms with Crippen molar-refractivity contribution in [1.82, 2.24) is 9.97 Å². The van der Waals surface area contributed by atoms with Crippen LogP contribution in [-0.2, 0) is 0 Å². The third-order valence-corrected chi connectivity index (χ3v) is 2.68. The summed E-state index contributed by atoms with van der Waals surface area (Å²) in [7, 11) is 0. The van der Waals surface area contributed by atoms with Gasteiger partial charge in [0.15, 0.2) is 5.82 Å². The largest absolute Gasteiger partial charge is 0.396 e. The molecule has 0 saturated heterocycles. The highest BCUT2D eigenvalue weighted by atomic mass is 16.3. The van der Waals surface area contributed by atoms with E-state index in [2.05, 4.69) is 22.2 Å². The zero-order valence-corrected chi connectivity index (χ0v) is 10.1. The van der Waals surface area contributed by atoms with Crippen LogP contribution >= 0.6 is 0 Å². The Morgan fingerprint density at radius 2 is 2.35 bits per heavy atom. The molecule has 0 aliphatic carbocycles. The number of nitrogens with zero attached hydrogens (tertiary/aromatic N) is 1. The first-order valence-electron chi connectivity index (χ1n) is 5.86. The van der Waals surface area contributed by atoms with Crippen molar-refractivity contribution in [3.8, 4) is 0 Å². The zero-order valence-electron chi connectivity index (χ0n) is 10.1. The van der Waals surface area contributed by atoms with Crippen molar-refractivity contribution < 1.29 is 5.11 Å². The molecule has 0 fully saturated rings. The average molecular weight is 240 g/mol. The first-order chi connectivity index (χ1) is 8.19. The number of rotatable bonds is 7. The first-order valence-corrected chi connectivity index (χ1v) is 5.86. The number of nitrogen functional groups attached to an aromatic ring is 1. The number of H-pyrrole nitrogens is 1. The molecule has 0 aliphatic rings. The van der Waals surface area contributed by atoms with E-state index in [4.69, 9.17) is 10.8 Å². The van der Waals surface area contributed by atoms with Crippen molar-refractivity contribution in [2.45, 2.75) is 26.2 Å². The Labute approximate surface area is 100 Å². The molecule has 1 rings (SSSR count). The molecule has 0 radical (unpaired) electrons. The van der Waals surface area contributed by atoms with E-state index in [9.17, 15) is 4.79 Å². The number of hydrogen-bond acceptors (Lipinski definition) is 5. The molecular formula is C11H20N4O2. The van der Waals surface area contributed by atoms with Crippen molar-refractivity contribution in [2.75, 3.05) is 24.2 Å². The molecule has 0 spiro atoms. The van der Waals surface area contributed by atoms with Crippen molar-refractivity contribution in [2.24, 2.45) is 5.92 Å². The Morgan fingerprint density at radius 3 is 3.00 bits per heavy atom. The molecule has 0 amide bonds. The van der Waals surface area contributed by atoms with Gasteiger partial charge in [0.05, 0.1) is 6.33 Å². The Kier molecular flexibility index (Phi) is 5.48. The molecule has 0 saturated carbocycles. The summed E-state index contributed by atoms with van der Waals surface area (Å²) >= 11 is 0. The van der Waals surface area contributed by atoms with Gasteiger partial charge in [-0.1, -0.05) is 13.3 Å². The Hall–Kier alpha value is -1.56. The number of nitrogens with two attached hydrogens (primary N) is 1. The minimum Gasteiger partial charge on any atom is -0.396 e. The fourth-order valence-corrected chi connectivity index (χ4v) is 1.73. The van der Waals surface area contributed by atoms with Gasteiger partial charge in [-0.2, -0.15) is 0 Å². The molecule has 5 N–H and O–H groups in total. The van der Waals surface area contributed by atoms with Crippen LogP contribution in [-0.4, -0.2) is 28.2 Å². The number of aromatic nitrogens is 2. The van der Waals surface area contributed by atoms with E-state index in [1.165, 1.54) is 6.33 Å². The third kappa shape index (κ3) is 4.07. The van der Waals surface area contributed by atoms with Crippen LogP contribution in [0, 0.1) is 5.92 Å². The minimum atomic E-state index is -0.336. The summed E-state index contributed by atoms with van der Waals surface area (Å²) in [4.78, 5) is 17.6. The molecule has 96 valence electrons. The third-order valence-electron chi connectivity index (χ3n) is 2.68.